The zero-order valence-corrected chi connectivity index (χ0v) is 6.96. The number of para-hydroxylation sites is 2. The highest BCUT2D eigenvalue weighted by atomic mass is 15.2. The summed E-state index contributed by atoms with van der Waals surface area (Å²) in [4.78, 5) is 2.47. The summed E-state index contributed by atoms with van der Waals surface area (Å²) in [6.45, 7) is 2.41. The molecule has 1 saturated heterocycles. The molecule has 0 radical (unpaired) electrons. The van der Waals surface area contributed by atoms with Gasteiger partial charge in [0.15, 0.2) is 0 Å². The summed E-state index contributed by atoms with van der Waals surface area (Å²) in [6.07, 6.45) is 1.29. The molecular formula is C10H12N2. The lowest BCUT2D eigenvalue weighted by molar-refractivity contribution is 0.796. The Kier molecular flexibility index (Phi) is 1.14. The van der Waals surface area contributed by atoms with E-state index in [9.17, 15) is 0 Å². The van der Waals surface area contributed by atoms with E-state index in [1.165, 1.54) is 30.9 Å². The van der Waals surface area contributed by atoms with Gasteiger partial charge < -0.3 is 10.2 Å². The van der Waals surface area contributed by atoms with Crippen LogP contribution in [0.25, 0.3) is 0 Å². The third-order valence-corrected chi connectivity index (χ3v) is 2.79. The molecule has 62 valence electrons. The van der Waals surface area contributed by atoms with Crippen molar-refractivity contribution in [3.8, 4) is 0 Å². The molecule has 2 heterocycles. The quantitative estimate of drug-likeness (QED) is 0.621. The number of benzene rings is 1. The Morgan fingerprint density at radius 1 is 1.33 bits per heavy atom. The standard InChI is InChI=1S/C10H12N2/c1-2-4-10-9(3-1)11-8-5-6-12(10)7-8/h1-4,8,11H,5-7H2/t8-/m1/s1. The second-order valence-electron chi connectivity index (χ2n) is 3.59. The summed E-state index contributed by atoms with van der Waals surface area (Å²) in [5.74, 6) is 0. The van der Waals surface area contributed by atoms with Gasteiger partial charge in [-0.15, -0.1) is 0 Å². The van der Waals surface area contributed by atoms with E-state index in [1.54, 1.807) is 0 Å². The van der Waals surface area contributed by atoms with Crippen LogP contribution in [-0.2, 0) is 0 Å². The predicted octanol–water partition coefficient (Wildman–Crippen LogP) is 1.69. The van der Waals surface area contributed by atoms with E-state index < -0.39 is 0 Å². The second kappa shape index (κ2) is 2.16. The summed E-state index contributed by atoms with van der Waals surface area (Å²) in [7, 11) is 0. The first-order valence-corrected chi connectivity index (χ1v) is 4.54. The van der Waals surface area contributed by atoms with Crippen molar-refractivity contribution in [3.05, 3.63) is 24.3 Å². The molecule has 1 aromatic rings. The SMILES string of the molecule is c1ccc2c(c1)N[C@@H]1CCN2C1. The van der Waals surface area contributed by atoms with Crippen molar-refractivity contribution in [2.75, 3.05) is 23.3 Å². The van der Waals surface area contributed by atoms with Crippen molar-refractivity contribution in [3.63, 3.8) is 0 Å². The minimum absolute atomic E-state index is 0.694. The topological polar surface area (TPSA) is 15.3 Å². The van der Waals surface area contributed by atoms with Gasteiger partial charge >= 0.3 is 0 Å². The smallest absolute Gasteiger partial charge is 0.0602 e. The van der Waals surface area contributed by atoms with Crippen LogP contribution in [0.15, 0.2) is 24.3 Å². The van der Waals surface area contributed by atoms with Gasteiger partial charge in [0.2, 0.25) is 0 Å². The summed E-state index contributed by atoms with van der Waals surface area (Å²) >= 11 is 0. The molecule has 2 aliphatic rings. The number of hydrogen-bond acceptors (Lipinski definition) is 2. The van der Waals surface area contributed by atoms with Gasteiger partial charge in [-0.05, 0) is 18.6 Å². The van der Waals surface area contributed by atoms with Crippen LogP contribution < -0.4 is 10.2 Å². The van der Waals surface area contributed by atoms with Crippen LogP contribution in [0, 0.1) is 0 Å². The van der Waals surface area contributed by atoms with Crippen molar-refractivity contribution in [1.82, 2.24) is 0 Å². The molecule has 12 heavy (non-hydrogen) atoms. The zero-order valence-electron chi connectivity index (χ0n) is 6.96. The van der Waals surface area contributed by atoms with Gasteiger partial charge in [-0.2, -0.15) is 0 Å². The molecule has 1 aromatic carbocycles. The Morgan fingerprint density at radius 3 is 3.25 bits per heavy atom. The van der Waals surface area contributed by atoms with E-state index in [2.05, 4.69) is 34.5 Å². The number of anilines is 2. The number of fused-ring (bicyclic) bond motifs is 4. The molecule has 1 fully saturated rings. The Morgan fingerprint density at radius 2 is 2.25 bits per heavy atom. The van der Waals surface area contributed by atoms with E-state index in [0.717, 1.165) is 0 Å². The molecule has 3 rings (SSSR count). The summed E-state index contributed by atoms with van der Waals surface area (Å²) < 4.78 is 0. The van der Waals surface area contributed by atoms with Gasteiger partial charge in [-0.3, -0.25) is 0 Å². The van der Waals surface area contributed by atoms with E-state index in [0.29, 0.717) is 6.04 Å². The van der Waals surface area contributed by atoms with E-state index in [4.69, 9.17) is 0 Å². The van der Waals surface area contributed by atoms with Gasteiger partial charge in [-0.25, -0.2) is 0 Å². The van der Waals surface area contributed by atoms with Crippen LogP contribution >= 0.6 is 0 Å². The minimum Gasteiger partial charge on any atom is -0.379 e. The van der Waals surface area contributed by atoms with Crippen molar-refractivity contribution in [2.45, 2.75) is 12.5 Å². The highest BCUT2D eigenvalue weighted by Gasteiger charge is 2.28. The summed E-state index contributed by atoms with van der Waals surface area (Å²) in [5, 5.41) is 3.55. The summed E-state index contributed by atoms with van der Waals surface area (Å²) in [5.41, 5.74) is 2.69. The first-order chi connectivity index (χ1) is 5.93. The van der Waals surface area contributed by atoms with Crippen LogP contribution in [0.2, 0.25) is 0 Å². The normalized spacial score (nSPS) is 25.0. The van der Waals surface area contributed by atoms with Crippen LogP contribution in [0.1, 0.15) is 6.42 Å². The molecule has 2 nitrogen and oxygen atoms in total. The summed E-state index contributed by atoms with van der Waals surface area (Å²) in [6, 6.07) is 9.26. The van der Waals surface area contributed by atoms with Gasteiger partial charge in [0.05, 0.1) is 11.4 Å². The fraction of sp³-hybridized carbons (Fsp3) is 0.400. The molecule has 0 saturated carbocycles. The maximum absolute atomic E-state index is 3.55. The number of rotatable bonds is 0. The monoisotopic (exact) mass is 160 g/mol. The van der Waals surface area contributed by atoms with Gasteiger partial charge in [-0.1, -0.05) is 12.1 Å². The molecular weight excluding hydrogens is 148 g/mol. The molecule has 1 atom stereocenters. The van der Waals surface area contributed by atoms with Crippen molar-refractivity contribution in [2.24, 2.45) is 0 Å². The van der Waals surface area contributed by atoms with Crippen molar-refractivity contribution in [1.29, 1.82) is 0 Å². The van der Waals surface area contributed by atoms with Crippen LogP contribution in [-0.4, -0.2) is 19.1 Å². The number of hydrogen-bond donors (Lipinski definition) is 1. The Balaban J connectivity index is 2.13. The molecule has 0 unspecified atom stereocenters. The highest BCUT2D eigenvalue weighted by molar-refractivity contribution is 5.73. The fourth-order valence-corrected chi connectivity index (χ4v) is 2.19. The average molecular weight is 160 g/mol. The Labute approximate surface area is 72.2 Å². The Hall–Kier alpha value is -1.18. The molecule has 0 amide bonds. The van der Waals surface area contributed by atoms with Gasteiger partial charge in [0, 0.05) is 19.1 Å². The average Bonchev–Trinajstić information content (AvgIpc) is 2.49. The maximum atomic E-state index is 3.55. The third-order valence-electron chi connectivity index (χ3n) is 2.79. The second-order valence-corrected chi connectivity index (χ2v) is 3.59. The minimum atomic E-state index is 0.694. The van der Waals surface area contributed by atoms with Gasteiger partial charge in [0.1, 0.15) is 0 Å². The van der Waals surface area contributed by atoms with E-state index >= 15 is 0 Å². The molecule has 0 spiro atoms. The molecule has 0 aliphatic carbocycles. The first kappa shape index (κ1) is 6.35. The number of nitrogens with zero attached hydrogens (tertiary/aromatic N) is 1. The third kappa shape index (κ3) is 0.750. The van der Waals surface area contributed by atoms with Crippen molar-refractivity contribution >= 4 is 11.4 Å². The fourth-order valence-electron chi connectivity index (χ4n) is 2.19. The molecule has 1 N–H and O–H groups in total. The molecule has 2 aliphatic heterocycles. The Bertz CT molecular complexity index is 308. The molecule has 0 aromatic heterocycles. The highest BCUT2D eigenvalue weighted by Crippen LogP contribution is 2.34. The maximum Gasteiger partial charge on any atom is 0.0602 e. The predicted molar refractivity (Wildman–Crippen MR) is 50.7 cm³/mol. The van der Waals surface area contributed by atoms with Crippen LogP contribution in [0.5, 0.6) is 0 Å². The van der Waals surface area contributed by atoms with Crippen LogP contribution in [0.3, 0.4) is 0 Å². The van der Waals surface area contributed by atoms with Gasteiger partial charge in [0.25, 0.3) is 0 Å². The number of nitrogens with one attached hydrogen (secondary N) is 1. The van der Waals surface area contributed by atoms with Crippen molar-refractivity contribution < 1.29 is 0 Å². The lowest BCUT2D eigenvalue weighted by Crippen LogP contribution is -2.31. The molecule has 2 heteroatoms. The lowest BCUT2D eigenvalue weighted by Gasteiger charge is -2.28. The first-order valence-electron chi connectivity index (χ1n) is 4.54. The lowest BCUT2D eigenvalue weighted by atomic mass is 10.2. The van der Waals surface area contributed by atoms with E-state index in [-0.39, 0.29) is 0 Å². The molecule has 2 bridgehead atoms. The van der Waals surface area contributed by atoms with Crippen LogP contribution in [0.4, 0.5) is 11.4 Å². The van der Waals surface area contributed by atoms with E-state index in [1.807, 2.05) is 0 Å². The zero-order chi connectivity index (χ0) is 7.97. The largest absolute Gasteiger partial charge is 0.379 e.